The Hall–Kier alpha value is -0.190. The lowest BCUT2D eigenvalue weighted by atomic mass is 9.91. The van der Waals surface area contributed by atoms with E-state index in [-0.39, 0.29) is 0 Å². The van der Waals surface area contributed by atoms with Gasteiger partial charge in [-0.15, -0.1) is 0 Å². The van der Waals surface area contributed by atoms with Gasteiger partial charge in [0.05, 0.1) is 5.69 Å². The van der Waals surface area contributed by atoms with Crippen LogP contribution in [0.4, 0.5) is 0 Å². The summed E-state index contributed by atoms with van der Waals surface area (Å²) in [6.45, 7) is 7.61. The summed E-state index contributed by atoms with van der Waals surface area (Å²) in [5.41, 5.74) is 2.26. The van der Waals surface area contributed by atoms with Crippen LogP contribution in [0.15, 0.2) is 0 Å². The Kier molecular flexibility index (Phi) is 4.85. The molecule has 2 rings (SSSR count). The molecule has 0 bridgehead atoms. The van der Waals surface area contributed by atoms with Gasteiger partial charge < -0.3 is 5.32 Å². The SMILES string of the molecule is CCNC(Cc1c(C)nn(C)c1Cl)C1(C)CCCS1. The molecule has 1 N–H and O–H groups in total. The summed E-state index contributed by atoms with van der Waals surface area (Å²) in [4.78, 5) is 0. The Balaban J connectivity index is 2.21. The monoisotopic (exact) mass is 301 g/mol. The molecule has 1 aromatic rings. The summed E-state index contributed by atoms with van der Waals surface area (Å²) in [7, 11) is 1.91. The predicted octanol–water partition coefficient (Wildman–Crippen LogP) is 3.19. The van der Waals surface area contributed by atoms with E-state index < -0.39 is 0 Å². The van der Waals surface area contributed by atoms with Crippen molar-refractivity contribution >= 4 is 23.4 Å². The van der Waals surface area contributed by atoms with Gasteiger partial charge in [-0.25, -0.2) is 0 Å². The predicted molar refractivity (Wildman–Crippen MR) is 84.2 cm³/mol. The first-order valence-corrected chi connectivity index (χ1v) is 8.39. The molecular weight excluding hydrogens is 278 g/mol. The third-order valence-electron chi connectivity index (χ3n) is 4.12. The van der Waals surface area contributed by atoms with Crippen LogP contribution >= 0.6 is 23.4 Å². The fourth-order valence-corrected chi connectivity index (χ4v) is 4.60. The van der Waals surface area contributed by atoms with Gasteiger partial charge in [0.2, 0.25) is 0 Å². The number of halogens is 1. The number of nitrogens with one attached hydrogen (secondary N) is 1. The lowest BCUT2D eigenvalue weighted by molar-refractivity contribution is 0.406. The minimum atomic E-state index is 0.321. The van der Waals surface area contributed by atoms with Gasteiger partial charge in [-0.2, -0.15) is 16.9 Å². The molecule has 0 amide bonds. The highest BCUT2D eigenvalue weighted by Gasteiger charge is 2.38. The normalized spacial score (nSPS) is 24.9. The van der Waals surface area contributed by atoms with Crippen LogP contribution in [0.5, 0.6) is 0 Å². The van der Waals surface area contributed by atoms with Crippen molar-refractivity contribution < 1.29 is 0 Å². The molecule has 2 unspecified atom stereocenters. The summed E-state index contributed by atoms with van der Waals surface area (Å²) < 4.78 is 2.10. The van der Waals surface area contributed by atoms with Crippen molar-refractivity contribution in [1.29, 1.82) is 0 Å². The molecule has 0 radical (unpaired) electrons. The second kappa shape index (κ2) is 6.06. The van der Waals surface area contributed by atoms with Crippen LogP contribution in [0.25, 0.3) is 0 Å². The van der Waals surface area contributed by atoms with Crippen molar-refractivity contribution in [3.05, 3.63) is 16.4 Å². The molecule has 2 atom stereocenters. The van der Waals surface area contributed by atoms with Gasteiger partial charge in [0.1, 0.15) is 5.15 Å². The lowest BCUT2D eigenvalue weighted by Crippen LogP contribution is -2.46. The summed E-state index contributed by atoms with van der Waals surface area (Å²) >= 11 is 8.47. The summed E-state index contributed by atoms with van der Waals surface area (Å²) in [5.74, 6) is 1.28. The molecule has 2 heterocycles. The maximum Gasteiger partial charge on any atom is 0.130 e. The Morgan fingerprint density at radius 2 is 2.32 bits per heavy atom. The Bertz CT molecular complexity index is 438. The number of hydrogen-bond donors (Lipinski definition) is 1. The van der Waals surface area contributed by atoms with Crippen LogP contribution < -0.4 is 5.32 Å². The molecular formula is C14H24ClN3S. The lowest BCUT2D eigenvalue weighted by Gasteiger charge is -2.34. The molecule has 0 aromatic carbocycles. The van der Waals surface area contributed by atoms with E-state index in [0.717, 1.165) is 23.8 Å². The number of hydrogen-bond acceptors (Lipinski definition) is 3. The maximum absolute atomic E-state index is 6.38. The van der Waals surface area contributed by atoms with E-state index in [1.165, 1.54) is 24.2 Å². The zero-order valence-electron chi connectivity index (χ0n) is 12.3. The maximum atomic E-state index is 6.38. The first-order chi connectivity index (χ1) is 8.98. The molecule has 1 aromatic heterocycles. The van der Waals surface area contributed by atoms with Crippen LogP contribution in [0.1, 0.15) is 37.9 Å². The summed E-state index contributed by atoms with van der Waals surface area (Å²) in [6, 6.07) is 0.463. The summed E-state index contributed by atoms with van der Waals surface area (Å²) in [6.07, 6.45) is 3.57. The fraction of sp³-hybridized carbons (Fsp3) is 0.786. The van der Waals surface area contributed by atoms with Crippen LogP contribution in [-0.4, -0.2) is 32.9 Å². The topological polar surface area (TPSA) is 29.9 Å². The molecule has 3 nitrogen and oxygen atoms in total. The van der Waals surface area contributed by atoms with Crippen molar-refractivity contribution in [3.8, 4) is 0 Å². The van der Waals surface area contributed by atoms with Gasteiger partial charge in [0.15, 0.2) is 0 Å². The minimum absolute atomic E-state index is 0.321. The third-order valence-corrected chi connectivity index (χ3v) is 6.23. The number of thioether (sulfide) groups is 1. The van der Waals surface area contributed by atoms with Crippen LogP contribution in [0, 0.1) is 6.92 Å². The molecule has 108 valence electrons. The second-order valence-electron chi connectivity index (χ2n) is 5.56. The number of aryl methyl sites for hydroxylation is 2. The van der Waals surface area contributed by atoms with E-state index in [1.54, 1.807) is 4.68 Å². The molecule has 1 saturated heterocycles. The highest BCUT2D eigenvalue weighted by atomic mass is 35.5. The molecule has 19 heavy (non-hydrogen) atoms. The number of likely N-dealkylation sites (N-methyl/N-ethyl adjacent to an activating group) is 1. The van der Waals surface area contributed by atoms with Crippen molar-refractivity contribution in [1.82, 2.24) is 15.1 Å². The van der Waals surface area contributed by atoms with Gasteiger partial charge >= 0.3 is 0 Å². The molecule has 0 aliphatic carbocycles. The smallest absolute Gasteiger partial charge is 0.130 e. The zero-order chi connectivity index (χ0) is 14.0. The van der Waals surface area contributed by atoms with Gasteiger partial charge in [0.25, 0.3) is 0 Å². The van der Waals surface area contributed by atoms with Crippen molar-refractivity contribution in [3.63, 3.8) is 0 Å². The Morgan fingerprint density at radius 1 is 1.58 bits per heavy atom. The highest BCUT2D eigenvalue weighted by Crippen LogP contribution is 2.42. The van der Waals surface area contributed by atoms with Gasteiger partial charge in [-0.05, 0) is 45.4 Å². The molecule has 1 fully saturated rings. The summed E-state index contributed by atoms with van der Waals surface area (Å²) in [5, 5.41) is 8.87. The van der Waals surface area contributed by atoms with Crippen molar-refractivity contribution in [2.24, 2.45) is 7.05 Å². The average molecular weight is 302 g/mol. The van der Waals surface area contributed by atoms with E-state index in [2.05, 4.69) is 36.0 Å². The van der Waals surface area contributed by atoms with E-state index in [0.29, 0.717) is 10.8 Å². The molecule has 0 spiro atoms. The third kappa shape index (κ3) is 3.11. The van der Waals surface area contributed by atoms with Crippen LogP contribution in [0.3, 0.4) is 0 Å². The van der Waals surface area contributed by atoms with Gasteiger partial charge in [-0.1, -0.05) is 18.5 Å². The average Bonchev–Trinajstić information content (AvgIpc) is 2.89. The van der Waals surface area contributed by atoms with Gasteiger partial charge in [-0.3, -0.25) is 4.68 Å². The molecule has 0 saturated carbocycles. The number of rotatable bonds is 5. The van der Waals surface area contributed by atoms with Crippen molar-refractivity contribution in [2.75, 3.05) is 12.3 Å². The minimum Gasteiger partial charge on any atom is -0.313 e. The molecule has 5 heteroatoms. The van der Waals surface area contributed by atoms with E-state index in [1.807, 2.05) is 14.0 Å². The first kappa shape index (κ1) is 15.2. The van der Waals surface area contributed by atoms with E-state index in [4.69, 9.17) is 11.6 Å². The fourth-order valence-electron chi connectivity index (χ4n) is 2.94. The van der Waals surface area contributed by atoms with Crippen LogP contribution in [-0.2, 0) is 13.5 Å². The number of aromatic nitrogens is 2. The van der Waals surface area contributed by atoms with Crippen LogP contribution in [0.2, 0.25) is 5.15 Å². The Morgan fingerprint density at radius 3 is 2.79 bits per heavy atom. The largest absolute Gasteiger partial charge is 0.313 e. The zero-order valence-corrected chi connectivity index (χ0v) is 13.9. The quantitative estimate of drug-likeness (QED) is 0.906. The Labute approximate surface area is 125 Å². The van der Waals surface area contributed by atoms with Crippen molar-refractivity contribution in [2.45, 2.75) is 50.8 Å². The van der Waals surface area contributed by atoms with Gasteiger partial charge in [0, 0.05) is 23.4 Å². The van der Waals surface area contributed by atoms with E-state index >= 15 is 0 Å². The first-order valence-electron chi connectivity index (χ1n) is 7.03. The highest BCUT2D eigenvalue weighted by molar-refractivity contribution is 8.00. The molecule has 1 aliphatic rings. The van der Waals surface area contributed by atoms with E-state index in [9.17, 15) is 0 Å². The second-order valence-corrected chi connectivity index (χ2v) is 7.55. The molecule has 1 aliphatic heterocycles. The standard InChI is InChI=1S/C14H24ClN3S/c1-5-16-12(14(3)7-6-8-19-14)9-11-10(2)17-18(4)13(11)15/h12,16H,5-9H2,1-4H3. The number of nitrogens with zero attached hydrogens (tertiary/aromatic N) is 2.